The van der Waals surface area contributed by atoms with E-state index in [4.69, 9.17) is 11.6 Å². The van der Waals surface area contributed by atoms with Crippen molar-refractivity contribution in [2.45, 2.75) is 20.3 Å². The molecule has 3 aromatic rings. The first-order valence-corrected chi connectivity index (χ1v) is 8.64. The highest BCUT2D eigenvalue weighted by molar-refractivity contribution is 6.30. The van der Waals surface area contributed by atoms with Gasteiger partial charge in [-0.05, 0) is 49.6 Å². The van der Waals surface area contributed by atoms with E-state index in [1.165, 1.54) is 5.56 Å². The summed E-state index contributed by atoms with van der Waals surface area (Å²) in [5, 5.41) is 7.42. The number of halogens is 1. The third-order valence-electron chi connectivity index (χ3n) is 3.88. The fourth-order valence-corrected chi connectivity index (χ4v) is 2.66. The molecule has 0 aliphatic heterocycles. The van der Waals surface area contributed by atoms with Crippen LogP contribution in [0.15, 0.2) is 54.6 Å². The Balaban J connectivity index is 1.65. The van der Waals surface area contributed by atoms with Crippen LogP contribution in [0.5, 0.6) is 0 Å². The zero-order valence-corrected chi connectivity index (χ0v) is 15.1. The van der Waals surface area contributed by atoms with Gasteiger partial charge in [-0.2, -0.15) is 4.98 Å². The Morgan fingerprint density at radius 3 is 2.48 bits per heavy atom. The number of nitrogens with one attached hydrogen (secondary N) is 2. The molecule has 1 heterocycles. The smallest absolute Gasteiger partial charge is 0.229 e. The second kappa shape index (κ2) is 7.99. The van der Waals surface area contributed by atoms with Gasteiger partial charge < -0.3 is 10.6 Å². The van der Waals surface area contributed by atoms with Crippen LogP contribution < -0.4 is 10.6 Å². The van der Waals surface area contributed by atoms with Gasteiger partial charge >= 0.3 is 0 Å². The molecule has 0 atom stereocenters. The molecule has 0 aliphatic carbocycles. The van der Waals surface area contributed by atoms with Crippen molar-refractivity contribution in [3.8, 4) is 0 Å². The van der Waals surface area contributed by atoms with Crippen molar-refractivity contribution in [1.29, 1.82) is 0 Å². The fourth-order valence-electron chi connectivity index (χ4n) is 2.53. The monoisotopic (exact) mass is 352 g/mol. The fraction of sp³-hybridized carbons (Fsp3) is 0.200. The second-order valence-corrected chi connectivity index (χ2v) is 6.40. The Morgan fingerprint density at radius 1 is 0.960 bits per heavy atom. The third-order valence-corrected chi connectivity index (χ3v) is 4.13. The summed E-state index contributed by atoms with van der Waals surface area (Å²) < 4.78 is 0. The van der Waals surface area contributed by atoms with Crippen LogP contribution in [0.25, 0.3) is 0 Å². The van der Waals surface area contributed by atoms with Crippen molar-refractivity contribution in [1.82, 2.24) is 9.97 Å². The Bertz CT molecular complexity index is 847. The molecule has 2 aromatic carbocycles. The van der Waals surface area contributed by atoms with E-state index in [9.17, 15) is 0 Å². The first kappa shape index (κ1) is 17.2. The molecule has 3 rings (SSSR count). The summed E-state index contributed by atoms with van der Waals surface area (Å²) in [6.45, 7) is 4.82. The lowest BCUT2D eigenvalue weighted by Gasteiger charge is -2.11. The highest BCUT2D eigenvalue weighted by atomic mass is 35.5. The van der Waals surface area contributed by atoms with Crippen LogP contribution in [-0.2, 0) is 6.42 Å². The molecule has 1 aromatic heterocycles. The highest BCUT2D eigenvalue weighted by Gasteiger charge is 2.04. The zero-order chi connectivity index (χ0) is 17.6. The number of hydrogen-bond acceptors (Lipinski definition) is 4. The number of anilines is 3. The topological polar surface area (TPSA) is 49.8 Å². The molecule has 5 heteroatoms. The summed E-state index contributed by atoms with van der Waals surface area (Å²) in [6, 6.07) is 18.0. The normalized spacial score (nSPS) is 10.5. The van der Waals surface area contributed by atoms with E-state index in [0.717, 1.165) is 40.8 Å². The Kier molecular flexibility index (Phi) is 5.51. The SMILES string of the molecule is Cc1cc(NCCc2ccc(Cl)cc2)nc(Nc2ccccc2C)n1. The van der Waals surface area contributed by atoms with E-state index in [0.29, 0.717) is 5.95 Å². The molecule has 0 amide bonds. The average molecular weight is 353 g/mol. The van der Waals surface area contributed by atoms with Crippen LogP contribution >= 0.6 is 11.6 Å². The number of rotatable bonds is 6. The maximum atomic E-state index is 5.91. The minimum absolute atomic E-state index is 0.600. The Labute approximate surface area is 153 Å². The number of nitrogens with zero attached hydrogens (tertiary/aromatic N) is 2. The highest BCUT2D eigenvalue weighted by Crippen LogP contribution is 2.19. The van der Waals surface area contributed by atoms with E-state index in [1.54, 1.807) is 0 Å². The van der Waals surface area contributed by atoms with Crippen LogP contribution in [0.4, 0.5) is 17.5 Å². The molecule has 128 valence electrons. The Hall–Kier alpha value is -2.59. The van der Waals surface area contributed by atoms with Gasteiger partial charge in [-0.1, -0.05) is 41.9 Å². The van der Waals surface area contributed by atoms with Gasteiger partial charge in [-0.3, -0.25) is 0 Å². The molecular weight excluding hydrogens is 332 g/mol. The summed E-state index contributed by atoms with van der Waals surface area (Å²) in [7, 11) is 0. The molecule has 0 fully saturated rings. The van der Waals surface area contributed by atoms with E-state index in [-0.39, 0.29) is 0 Å². The lowest BCUT2D eigenvalue weighted by atomic mass is 10.1. The minimum atomic E-state index is 0.600. The molecule has 0 saturated carbocycles. The first-order valence-electron chi connectivity index (χ1n) is 8.27. The molecule has 0 aliphatic rings. The number of aromatic nitrogens is 2. The van der Waals surface area contributed by atoms with Gasteiger partial charge in [-0.25, -0.2) is 4.98 Å². The van der Waals surface area contributed by atoms with Crippen molar-refractivity contribution in [3.63, 3.8) is 0 Å². The molecule has 0 saturated heterocycles. The van der Waals surface area contributed by atoms with Gasteiger partial charge in [0.1, 0.15) is 5.82 Å². The molecule has 25 heavy (non-hydrogen) atoms. The zero-order valence-electron chi connectivity index (χ0n) is 14.4. The summed E-state index contributed by atoms with van der Waals surface area (Å²) in [6.07, 6.45) is 0.904. The van der Waals surface area contributed by atoms with E-state index >= 15 is 0 Å². The number of hydrogen-bond donors (Lipinski definition) is 2. The van der Waals surface area contributed by atoms with Crippen molar-refractivity contribution in [2.75, 3.05) is 17.2 Å². The molecule has 0 unspecified atom stereocenters. The maximum absolute atomic E-state index is 5.91. The van der Waals surface area contributed by atoms with Gasteiger partial charge in [-0.15, -0.1) is 0 Å². The minimum Gasteiger partial charge on any atom is -0.370 e. The summed E-state index contributed by atoms with van der Waals surface area (Å²) in [5.74, 6) is 1.42. The van der Waals surface area contributed by atoms with Crippen LogP contribution in [0.3, 0.4) is 0 Å². The van der Waals surface area contributed by atoms with Crippen molar-refractivity contribution >= 4 is 29.1 Å². The summed E-state index contributed by atoms with van der Waals surface area (Å²) in [5.41, 5.74) is 4.33. The first-order chi connectivity index (χ1) is 12.1. The quantitative estimate of drug-likeness (QED) is 0.644. The van der Waals surface area contributed by atoms with Crippen LogP contribution in [0.1, 0.15) is 16.8 Å². The van der Waals surface area contributed by atoms with Crippen LogP contribution in [0.2, 0.25) is 5.02 Å². The van der Waals surface area contributed by atoms with Gasteiger partial charge in [0.15, 0.2) is 0 Å². The molecule has 0 spiro atoms. The maximum Gasteiger partial charge on any atom is 0.229 e. The number of para-hydroxylation sites is 1. The van der Waals surface area contributed by atoms with Gasteiger partial charge in [0.2, 0.25) is 5.95 Å². The van der Waals surface area contributed by atoms with Gasteiger partial charge in [0.05, 0.1) is 0 Å². The lowest BCUT2D eigenvalue weighted by Crippen LogP contribution is -2.09. The lowest BCUT2D eigenvalue weighted by molar-refractivity contribution is 0.994. The molecular formula is C20H21ClN4. The molecule has 4 nitrogen and oxygen atoms in total. The predicted octanol–water partition coefficient (Wildman–Crippen LogP) is 5.15. The predicted molar refractivity (Wildman–Crippen MR) is 105 cm³/mol. The largest absolute Gasteiger partial charge is 0.370 e. The summed E-state index contributed by atoms with van der Waals surface area (Å²) >= 11 is 5.91. The number of aryl methyl sites for hydroxylation is 2. The Morgan fingerprint density at radius 2 is 1.72 bits per heavy atom. The standard InChI is InChI=1S/C20H21ClN4/c1-14-5-3-4-6-18(14)24-20-23-15(2)13-19(25-20)22-12-11-16-7-9-17(21)10-8-16/h3-10,13H,11-12H2,1-2H3,(H2,22,23,24,25). The van der Waals surface area contributed by atoms with Crippen molar-refractivity contribution < 1.29 is 0 Å². The second-order valence-electron chi connectivity index (χ2n) is 5.96. The van der Waals surface area contributed by atoms with E-state index < -0.39 is 0 Å². The number of benzene rings is 2. The van der Waals surface area contributed by atoms with E-state index in [1.807, 2.05) is 55.5 Å². The van der Waals surface area contributed by atoms with Crippen molar-refractivity contribution in [2.24, 2.45) is 0 Å². The third kappa shape index (κ3) is 4.94. The van der Waals surface area contributed by atoms with Crippen molar-refractivity contribution in [3.05, 3.63) is 76.4 Å². The van der Waals surface area contributed by atoms with E-state index in [2.05, 4.69) is 33.6 Å². The van der Waals surface area contributed by atoms with Gasteiger partial charge in [0, 0.05) is 29.0 Å². The molecule has 0 radical (unpaired) electrons. The molecule has 0 bridgehead atoms. The van der Waals surface area contributed by atoms with Crippen LogP contribution in [0, 0.1) is 13.8 Å². The van der Waals surface area contributed by atoms with Crippen LogP contribution in [-0.4, -0.2) is 16.5 Å². The van der Waals surface area contributed by atoms with Gasteiger partial charge in [0.25, 0.3) is 0 Å². The summed E-state index contributed by atoms with van der Waals surface area (Å²) in [4.78, 5) is 9.03. The molecule has 2 N–H and O–H groups in total. The average Bonchev–Trinajstić information content (AvgIpc) is 2.58.